The summed E-state index contributed by atoms with van der Waals surface area (Å²) in [6.45, 7) is 0.688. The third kappa shape index (κ3) is 1.86. The van der Waals surface area contributed by atoms with Crippen LogP contribution in [0.15, 0.2) is 24.5 Å². The number of anilines is 1. The van der Waals surface area contributed by atoms with Gasteiger partial charge in [-0.15, -0.1) is 0 Å². The lowest BCUT2D eigenvalue weighted by molar-refractivity contribution is 0.566. The Morgan fingerprint density at radius 2 is 2.35 bits per heavy atom. The lowest BCUT2D eigenvalue weighted by Gasteiger charge is -2.28. The van der Waals surface area contributed by atoms with E-state index in [1.165, 1.54) is 12.8 Å². The SMILES string of the molecule is CN(c1ccn2nccc2n1)C(CN)C1CC1. The largest absolute Gasteiger partial charge is 0.355 e. The molecule has 2 N–H and O–H groups in total. The van der Waals surface area contributed by atoms with Gasteiger partial charge in [-0.25, -0.2) is 9.50 Å². The Morgan fingerprint density at radius 1 is 1.53 bits per heavy atom. The lowest BCUT2D eigenvalue weighted by Crippen LogP contribution is -2.40. The first-order chi connectivity index (χ1) is 8.29. The molecule has 1 aliphatic carbocycles. The Labute approximate surface area is 100 Å². The Bertz CT molecular complexity index is 516. The first-order valence-corrected chi connectivity index (χ1v) is 6.03. The van der Waals surface area contributed by atoms with E-state index in [1.54, 1.807) is 10.7 Å². The number of nitrogens with zero attached hydrogens (tertiary/aromatic N) is 4. The monoisotopic (exact) mass is 231 g/mol. The molecule has 0 bridgehead atoms. The molecule has 3 rings (SSSR count). The van der Waals surface area contributed by atoms with Gasteiger partial charge in [0.2, 0.25) is 0 Å². The Kier molecular flexibility index (Phi) is 2.48. The molecule has 2 aromatic rings. The maximum absolute atomic E-state index is 5.86. The van der Waals surface area contributed by atoms with E-state index in [0.717, 1.165) is 17.4 Å². The molecule has 1 aliphatic rings. The van der Waals surface area contributed by atoms with Crippen molar-refractivity contribution in [2.24, 2.45) is 11.7 Å². The van der Waals surface area contributed by atoms with Crippen LogP contribution in [0.2, 0.25) is 0 Å². The van der Waals surface area contributed by atoms with Crippen molar-refractivity contribution in [3.63, 3.8) is 0 Å². The van der Waals surface area contributed by atoms with Gasteiger partial charge in [0, 0.05) is 31.9 Å². The van der Waals surface area contributed by atoms with Crippen LogP contribution in [0.4, 0.5) is 5.82 Å². The molecule has 5 heteroatoms. The molecule has 5 nitrogen and oxygen atoms in total. The molecular formula is C12H17N5. The van der Waals surface area contributed by atoms with Crippen LogP contribution in [-0.4, -0.2) is 34.2 Å². The van der Waals surface area contributed by atoms with E-state index in [9.17, 15) is 0 Å². The number of hydrogen-bond acceptors (Lipinski definition) is 4. The molecule has 17 heavy (non-hydrogen) atoms. The number of likely N-dealkylation sites (N-methyl/N-ethyl adjacent to an activating group) is 1. The maximum atomic E-state index is 5.86. The van der Waals surface area contributed by atoms with Crippen LogP contribution in [-0.2, 0) is 0 Å². The highest BCUT2D eigenvalue weighted by Crippen LogP contribution is 2.35. The van der Waals surface area contributed by atoms with Crippen molar-refractivity contribution in [3.05, 3.63) is 24.5 Å². The molecule has 1 atom stereocenters. The van der Waals surface area contributed by atoms with Crippen LogP contribution in [0.1, 0.15) is 12.8 Å². The zero-order valence-electron chi connectivity index (χ0n) is 9.95. The summed E-state index contributed by atoms with van der Waals surface area (Å²) in [5.74, 6) is 1.72. The summed E-state index contributed by atoms with van der Waals surface area (Å²) >= 11 is 0. The molecular weight excluding hydrogens is 214 g/mol. The number of fused-ring (bicyclic) bond motifs is 1. The van der Waals surface area contributed by atoms with Crippen molar-refractivity contribution < 1.29 is 0 Å². The summed E-state index contributed by atoms with van der Waals surface area (Å²) in [7, 11) is 2.07. The Hall–Kier alpha value is -1.62. The predicted molar refractivity (Wildman–Crippen MR) is 67.0 cm³/mol. The van der Waals surface area contributed by atoms with E-state index < -0.39 is 0 Å². The fourth-order valence-corrected chi connectivity index (χ4v) is 2.32. The zero-order valence-corrected chi connectivity index (χ0v) is 9.95. The van der Waals surface area contributed by atoms with Gasteiger partial charge in [0.15, 0.2) is 5.65 Å². The second-order valence-electron chi connectivity index (χ2n) is 4.67. The quantitative estimate of drug-likeness (QED) is 0.849. The highest BCUT2D eigenvalue weighted by molar-refractivity contribution is 5.47. The minimum Gasteiger partial charge on any atom is -0.355 e. The van der Waals surface area contributed by atoms with E-state index >= 15 is 0 Å². The maximum Gasteiger partial charge on any atom is 0.157 e. The first-order valence-electron chi connectivity index (χ1n) is 6.03. The van der Waals surface area contributed by atoms with Crippen LogP contribution in [0, 0.1) is 5.92 Å². The minimum absolute atomic E-state index is 0.410. The Morgan fingerprint density at radius 3 is 3.06 bits per heavy atom. The molecule has 1 unspecified atom stereocenters. The summed E-state index contributed by atoms with van der Waals surface area (Å²) in [6, 6.07) is 4.31. The van der Waals surface area contributed by atoms with Crippen LogP contribution in [0.5, 0.6) is 0 Å². The van der Waals surface area contributed by atoms with Crippen molar-refractivity contribution in [1.82, 2.24) is 14.6 Å². The molecule has 2 aromatic heterocycles. The van der Waals surface area contributed by atoms with E-state index in [2.05, 4.69) is 22.0 Å². The van der Waals surface area contributed by atoms with Gasteiger partial charge in [0.1, 0.15) is 5.82 Å². The second kappa shape index (κ2) is 4.00. The molecule has 0 amide bonds. The zero-order chi connectivity index (χ0) is 11.8. The molecule has 0 radical (unpaired) electrons. The molecule has 1 fully saturated rings. The van der Waals surface area contributed by atoms with Crippen LogP contribution >= 0.6 is 0 Å². The minimum atomic E-state index is 0.410. The Balaban J connectivity index is 1.90. The number of nitrogens with two attached hydrogens (primary N) is 1. The first kappa shape index (κ1) is 10.5. The summed E-state index contributed by atoms with van der Waals surface area (Å²) in [5, 5.41) is 4.14. The molecule has 0 saturated heterocycles. The summed E-state index contributed by atoms with van der Waals surface area (Å²) < 4.78 is 1.77. The second-order valence-corrected chi connectivity index (χ2v) is 4.67. The van der Waals surface area contributed by atoms with Crippen LogP contribution < -0.4 is 10.6 Å². The van der Waals surface area contributed by atoms with Crippen molar-refractivity contribution >= 4 is 11.5 Å². The van der Waals surface area contributed by atoms with Crippen molar-refractivity contribution in [3.8, 4) is 0 Å². The average Bonchev–Trinajstić information content (AvgIpc) is 3.07. The van der Waals surface area contributed by atoms with Gasteiger partial charge in [-0.1, -0.05) is 0 Å². The standard InChI is InChI=1S/C12H17N5/c1-16(10(8-13)9-2-3-9)11-5-7-17-12(15-11)4-6-14-17/h4-7,9-10H,2-3,8,13H2,1H3. The summed E-state index contributed by atoms with van der Waals surface area (Å²) in [5.41, 5.74) is 6.73. The lowest BCUT2D eigenvalue weighted by atomic mass is 10.1. The third-order valence-electron chi connectivity index (χ3n) is 3.51. The number of rotatable bonds is 4. The van der Waals surface area contributed by atoms with Gasteiger partial charge in [-0.3, -0.25) is 0 Å². The number of hydrogen-bond donors (Lipinski definition) is 1. The smallest absolute Gasteiger partial charge is 0.157 e. The van der Waals surface area contributed by atoms with E-state index in [1.807, 2.05) is 18.3 Å². The molecule has 90 valence electrons. The van der Waals surface area contributed by atoms with Gasteiger partial charge >= 0.3 is 0 Å². The van der Waals surface area contributed by atoms with Crippen LogP contribution in [0.25, 0.3) is 5.65 Å². The molecule has 0 aliphatic heterocycles. The van der Waals surface area contributed by atoms with E-state index in [0.29, 0.717) is 12.6 Å². The molecule has 0 aromatic carbocycles. The van der Waals surface area contributed by atoms with Crippen molar-refractivity contribution in [2.75, 3.05) is 18.5 Å². The van der Waals surface area contributed by atoms with Gasteiger partial charge in [0.25, 0.3) is 0 Å². The van der Waals surface area contributed by atoms with E-state index in [-0.39, 0.29) is 0 Å². The normalized spacial score (nSPS) is 17.3. The van der Waals surface area contributed by atoms with Gasteiger partial charge in [-0.05, 0) is 24.8 Å². The van der Waals surface area contributed by atoms with Gasteiger partial charge in [-0.2, -0.15) is 5.10 Å². The molecule has 1 saturated carbocycles. The fraction of sp³-hybridized carbons (Fsp3) is 0.500. The fourth-order valence-electron chi connectivity index (χ4n) is 2.32. The van der Waals surface area contributed by atoms with E-state index in [4.69, 9.17) is 5.73 Å². The highest BCUT2D eigenvalue weighted by atomic mass is 15.3. The van der Waals surface area contributed by atoms with Crippen molar-refractivity contribution in [2.45, 2.75) is 18.9 Å². The number of aromatic nitrogens is 3. The molecule has 0 spiro atoms. The van der Waals surface area contributed by atoms with Crippen molar-refractivity contribution in [1.29, 1.82) is 0 Å². The summed E-state index contributed by atoms with van der Waals surface area (Å²) in [6.07, 6.45) is 6.28. The van der Waals surface area contributed by atoms with Gasteiger partial charge in [0.05, 0.1) is 6.20 Å². The topological polar surface area (TPSA) is 59.5 Å². The predicted octanol–water partition coefficient (Wildman–Crippen LogP) is 0.903. The third-order valence-corrected chi connectivity index (χ3v) is 3.51. The average molecular weight is 231 g/mol. The van der Waals surface area contributed by atoms with Gasteiger partial charge < -0.3 is 10.6 Å². The molecule has 2 heterocycles. The van der Waals surface area contributed by atoms with Crippen LogP contribution in [0.3, 0.4) is 0 Å². The summed E-state index contributed by atoms with van der Waals surface area (Å²) in [4.78, 5) is 6.78. The highest BCUT2D eigenvalue weighted by Gasteiger charge is 2.33.